The van der Waals surface area contributed by atoms with Crippen LogP contribution in [0.4, 0.5) is 11.4 Å². The van der Waals surface area contributed by atoms with E-state index in [0.29, 0.717) is 114 Å². The zero-order chi connectivity index (χ0) is 95.4. The molecule has 0 aliphatic rings. The van der Waals surface area contributed by atoms with Crippen molar-refractivity contribution in [2.45, 2.75) is 314 Å². The van der Waals surface area contributed by atoms with E-state index in [9.17, 15) is 76.7 Å². The van der Waals surface area contributed by atoms with Crippen LogP contribution in [0, 0.1) is 0 Å². The van der Waals surface area contributed by atoms with Crippen molar-refractivity contribution in [2.24, 2.45) is 0 Å². The smallest absolute Gasteiger partial charge is 0.870 e. The summed E-state index contributed by atoms with van der Waals surface area (Å²) < 4.78 is 8.77. The second-order valence-corrected chi connectivity index (χ2v) is 32.3. The fourth-order valence-electron chi connectivity index (χ4n) is 13.3. The number of unbranched alkanes of at least 4 members (excludes halogenated alkanes) is 20. The van der Waals surface area contributed by atoms with Gasteiger partial charge in [-0.05, 0) is 253 Å². The predicted molar refractivity (Wildman–Crippen MR) is 512 cm³/mol. The minimum Gasteiger partial charge on any atom is -0.870 e. The van der Waals surface area contributed by atoms with Gasteiger partial charge in [0, 0.05) is 133 Å². The number of carbonyl (C=O) groups excluding carboxylic acids is 14. The number of carboxylic acid groups (broad SMARTS) is 2. The van der Waals surface area contributed by atoms with E-state index in [4.69, 9.17) is 20.7 Å². The summed E-state index contributed by atoms with van der Waals surface area (Å²) in [6.45, 7) is 24.0. The van der Waals surface area contributed by atoms with Crippen molar-refractivity contribution in [3.8, 4) is 0 Å². The van der Waals surface area contributed by atoms with Gasteiger partial charge in [-0.3, -0.25) is 71.9 Å². The average molecular weight is 1790 g/mol. The van der Waals surface area contributed by atoms with Gasteiger partial charge < -0.3 is 36.4 Å². The van der Waals surface area contributed by atoms with Crippen molar-refractivity contribution >= 4 is 120 Å². The third-order valence-corrected chi connectivity index (χ3v) is 20.6. The SMILES string of the molecule is CC(=O)CCCCCCCCC(=O)Cc1cc(C(C)=O)cc(C(C)=O)c1.CC(=O)c1cc(CC(=O)CCCCCCCCC(=O)Nc2ccccc2)cc(C(C)=O)c1.CC(=O)c1cc(CC(=O)CCCCCCCCC(=O)O)cc(C(C)=O)c1.CC(=O)c1cc(CC(=O)CCCCCCCCC(=O)O)cc(C(C)=O)c1.CCN(CC)CC.Nc1ccccc1.O=BP.[Li+].[OH-]. The van der Waals surface area contributed by atoms with E-state index >= 15 is 0 Å². The summed E-state index contributed by atoms with van der Waals surface area (Å²) in [5.74, 6) is -1.66. The van der Waals surface area contributed by atoms with Crippen molar-refractivity contribution in [3.63, 3.8) is 0 Å². The molecule has 26 heteroatoms. The van der Waals surface area contributed by atoms with E-state index in [-0.39, 0.29) is 144 Å². The monoisotopic (exact) mass is 1790 g/mol. The third-order valence-electron chi connectivity index (χ3n) is 20.6. The molecular formula is C103H144BLiN3O20P. The van der Waals surface area contributed by atoms with E-state index in [1.54, 1.807) is 79.7 Å². The normalized spacial score (nSPS) is 10.1. The number of rotatable bonds is 56. The molecular weight excluding hydrogens is 1650 g/mol. The molecule has 0 fully saturated rings. The average Bonchev–Trinajstić information content (AvgIpc) is 0.859. The molecule has 6 aromatic rings. The van der Waals surface area contributed by atoms with Crippen LogP contribution in [0.25, 0.3) is 0 Å². The van der Waals surface area contributed by atoms with E-state index in [1.165, 1.54) is 75.0 Å². The number of nitrogens with one attached hydrogen (secondary N) is 1. The Bertz CT molecular complexity index is 4040. The first-order chi connectivity index (χ1) is 60.4. The molecule has 129 heavy (non-hydrogen) atoms. The number of amides is 1. The first kappa shape index (κ1) is 123. The van der Waals surface area contributed by atoms with Gasteiger partial charge in [0.1, 0.15) is 28.9 Å². The number of nitrogen functional groups attached to an aromatic ring is 1. The minimum absolute atomic E-state index is 0. The number of hydrogen-bond donors (Lipinski definition) is 4. The molecule has 700 valence electrons. The third kappa shape index (κ3) is 65.3. The summed E-state index contributed by atoms with van der Waals surface area (Å²) in [6.07, 6.45) is 27.2. The summed E-state index contributed by atoms with van der Waals surface area (Å²) in [7, 11) is 1.90. The number of hydrogen-bond acceptors (Lipinski definition) is 20. The Balaban J connectivity index is -0.00000154. The molecule has 6 aromatic carbocycles. The van der Waals surface area contributed by atoms with E-state index in [1.807, 2.05) is 69.8 Å². The number of benzene rings is 6. The van der Waals surface area contributed by atoms with Gasteiger partial charge in [0.05, 0.1) is 0 Å². The Hall–Kier alpha value is -9.95. The molecule has 0 heterocycles. The predicted octanol–water partition coefficient (Wildman–Crippen LogP) is 19.0. The molecule has 23 nitrogen and oxygen atoms in total. The van der Waals surface area contributed by atoms with Crippen LogP contribution in [0.5, 0.6) is 0 Å². The Morgan fingerprint density at radius 1 is 0.310 bits per heavy atom. The van der Waals surface area contributed by atoms with Gasteiger partial charge in [0.15, 0.2) is 46.3 Å². The number of ketones is 13. The van der Waals surface area contributed by atoms with Crippen molar-refractivity contribution in [1.82, 2.24) is 4.90 Å². The summed E-state index contributed by atoms with van der Waals surface area (Å²) in [5.41, 5.74) is 13.6. The molecule has 1 unspecified atom stereocenters. The Kier molecular flexibility index (Phi) is 72.4. The molecule has 0 spiro atoms. The number of carboxylic acids is 2. The Morgan fingerprint density at radius 2 is 0.504 bits per heavy atom. The molecule has 0 bridgehead atoms. The molecule has 0 radical (unpaired) electrons. The summed E-state index contributed by atoms with van der Waals surface area (Å²) in [4.78, 5) is 188. The maximum absolute atomic E-state index is 12.3. The van der Waals surface area contributed by atoms with E-state index < -0.39 is 11.9 Å². The zero-order valence-corrected chi connectivity index (χ0v) is 80.4. The summed E-state index contributed by atoms with van der Waals surface area (Å²) in [5, 5.41) is 20.0. The molecule has 0 aliphatic heterocycles. The van der Waals surface area contributed by atoms with Gasteiger partial charge >= 0.3 is 51.5 Å². The largest absolute Gasteiger partial charge is 1.00 e. The number of nitrogens with zero attached hydrogens (tertiary/aromatic N) is 1. The molecule has 6 rings (SSSR count). The van der Waals surface area contributed by atoms with Crippen LogP contribution in [-0.2, 0) is 68.7 Å². The number of aliphatic carboxylic acids is 2. The zero-order valence-electron chi connectivity index (χ0n) is 79.2. The van der Waals surface area contributed by atoms with Crippen LogP contribution < -0.4 is 29.9 Å². The standard InChI is InChI=1S/C27H33NO4.C22H30O4.2C21H28O5.C6H7N.C6H15N.BH2OP.Li.H2O/c1-20(29)23-16-22(17-24(19-23)21(2)30)18-26(31)14-10-5-3-4-6-11-15-27(32)28-25-12-8-7-9-13-25;1-16(23)10-8-6-4-5-7-9-11-22(26)14-19-12-20(17(2)24)15-21(13-19)18(3)25;2*1-15(22)18-11-17(12-19(14-18)16(2)23)13-20(24)9-7-5-3-4-6-8-10-21(25)26;7-6-4-2-1-3-5-6;1-4-7(5-2)6-3;2-1-3;;/h7-9,12-13,16-17,19H,3-6,10-11,14-15,18H2,1-2H3,(H,28,32);12-13,15H,4-11,14H2,1-3H3;2*11-12,14H,3-10,13H2,1-2H3,(H,25,26);1-5H,7H2;4-6H2,1-3H3;3H2;;1H2/q;;;;;;;+1;/p-1. The topological polar surface area (TPSA) is 402 Å². The quantitative estimate of drug-likeness (QED) is 0.00905. The van der Waals surface area contributed by atoms with Gasteiger partial charge in [-0.25, -0.2) is 0 Å². The second-order valence-electron chi connectivity index (χ2n) is 32.0. The second kappa shape index (κ2) is 75.8. The Morgan fingerprint density at radius 3 is 0.682 bits per heavy atom. The van der Waals surface area contributed by atoms with Crippen molar-refractivity contribution < 1.29 is 116 Å². The summed E-state index contributed by atoms with van der Waals surface area (Å²) in [6, 6.07) is 38.9. The van der Waals surface area contributed by atoms with Crippen LogP contribution in [0.15, 0.2) is 133 Å². The van der Waals surface area contributed by atoms with Gasteiger partial charge in [-0.2, -0.15) is 0 Å². The fraction of sp³-hybridized carbons (Fsp3) is 0.495. The van der Waals surface area contributed by atoms with Crippen molar-refractivity contribution in [2.75, 3.05) is 30.7 Å². The number of anilines is 2. The first-order valence-corrected chi connectivity index (χ1v) is 45.7. The van der Waals surface area contributed by atoms with Crippen LogP contribution >= 0.6 is 9.12 Å². The Labute approximate surface area is 781 Å². The molecule has 1 amide bonds. The van der Waals surface area contributed by atoms with E-state index in [2.05, 4.69) is 31.0 Å². The van der Waals surface area contributed by atoms with Gasteiger partial charge in [-0.1, -0.05) is 160 Å². The van der Waals surface area contributed by atoms with Gasteiger partial charge in [0.2, 0.25) is 5.91 Å². The number of carbonyl (C=O) groups is 16. The molecule has 0 aliphatic carbocycles. The van der Waals surface area contributed by atoms with Crippen molar-refractivity contribution in [1.29, 1.82) is 0 Å². The molecule has 6 N–H and O–H groups in total. The van der Waals surface area contributed by atoms with Crippen LogP contribution in [0.2, 0.25) is 0 Å². The van der Waals surface area contributed by atoms with Crippen LogP contribution in [-0.4, -0.2) is 140 Å². The minimum atomic E-state index is -0.752. The molecule has 0 aromatic heterocycles. The van der Waals surface area contributed by atoms with Crippen LogP contribution in [0.3, 0.4) is 0 Å². The maximum Gasteiger partial charge on any atom is 1.00 e. The first-order valence-electron chi connectivity index (χ1n) is 45.0. The van der Waals surface area contributed by atoms with Gasteiger partial charge in [-0.15, -0.1) is 0 Å². The van der Waals surface area contributed by atoms with Gasteiger partial charge in [0.25, 0.3) is 0 Å². The molecule has 1 atom stereocenters. The van der Waals surface area contributed by atoms with Crippen molar-refractivity contribution in [3.05, 3.63) is 200 Å². The fourth-order valence-corrected chi connectivity index (χ4v) is 13.3. The van der Waals surface area contributed by atoms with E-state index in [0.717, 1.165) is 164 Å². The molecule has 0 saturated carbocycles. The summed E-state index contributed by atoms with van der Waals surface area (Å²) >= 11 is 0. The number of Topliss-reactive ketones (excluding diaryl/α,β-unsaturated/α-hetero) is 13. The molecule has 0 saturated heterocycles. The number of para-hydroxylation sites is 2. The van der Waals surface area contributed by atoms with Crippen LogP contribution in [0.1, 0.15) is 394 Å². The number of nitrogens with two attached hydrogens (primary N) is 1. The maximum atomic E-state index is 12.3.